The fourth-order valence-corrected chi connectivity index (χ4v) is 11.6. The zero-order valence-electron chi connectivity index (χ0n) is 53.9. The summed E-state index contributed by atoms with van der Waals surface area (Å²) in [5.74, 6) is -0.479. The minimum Gasteiger partial charge on any atom is -0.456 e. The number of phosphoric ester groups is 1. The molecule has 0 fully saturated rings. The van der Waals surface area contributed by atoms with Crippen LogP contribution in [0, 0.1) is 0 Å². The van der Waals surface area contributed by atoms with Gasteiger partial charge >= 0.3 is 13.8 Å². The summed E-state index contributed by atoms with van der Waals surface area (Å²) >= 11 is 0. The molecule has 0 aliphatic heterocycles. The number of nitrogens with one attached hydrogen (secondary N) is 1. The van der Waals surface area contributed by atoms with Gasteiger partial charge in [0.2, 0.25) is 5.91 Å². The lowest BCUT2D eigenvalue weighted by atomic mass is 10.0. The number of nitrogens with zero attached hydrogens (tertiary/aromatic N) is 1. The number of carbonyl (C=O) groups excluding carboxylic acids is 2. The second-order valence-corrected chi connectivity index (χ2v) is 26.9. The van der Waals surface area contributed by atoms with Gasteiger partial charge in [0.1, 0.15) is 19.3 Å². The molecular weight excluding hydrogens is 1000 g/mol. The Morgan fingerprint density at radius 1 is 0.430 bits per heavy atom. The van der Waals surface area contributed by atoms with Crippen LogP contribution in [0.2, 0.25) is 0 Å². The highest BCUT2D eigenvalue weighted by atomic mass is 31.2. The quantitative estimate of drug-likeness (QED) is 0.0205. The van der Waals surface area contributed by atoms with Gasteiger partial charge in [-0.25, -0.2) is 4.57 Å². The number of hydrogen-bond donors (Lipinski definition) is 2. The highest BCUT2D eigenvalue weighted by Gasteiger charge is 2.30. The average molecular weight is 1140 g/mol. The molecule has 3 unspecified atom stereocenters. The van der Waals surface area contributed by atoms with E-state index in [1.807, 2.05) is 33.3 Å². The van der Waals surface area contributed by atoms with E-state index >= 15 is 0 Å². The molecule has 3 atom stereocenters. The Bertz CT molecular complexity index is 1360. The van der Waals surface area contributed by atoms with Crippen LogP contribution in [-0.2, 0) is 27.9 Å². The van der Waals surface area contributed by atoms with Crippen LogP contribution in [0.25, 0.3) is 0 Å². The number of ether oxygens (including phenoxy) is 1. The number of hydrogen-bond acceptors (Lipinski definition) is 6. The van der Waals surface area contributed by atoms with E-state index in [1.54, 1.807) is 0 Å². The van der Waals surface area contributed by atoms with E-state index in [0.717, 1.165) is 57.8 Å². The number of amides is 1. The minimum atomic E-state index is -4.44. The molecule has 0 aliphatic carbocycles. The maximum absolute atomic E-state index is 13.6. The molecule has 1 amide bonds. The molecule has 0 aromatic carbocycles. The average Bonchev–Trinajstić information content (AvgIpc) is 3.41. The van der Waals surface area contributed by atoms with Crippen molar-refractivity contribution in [2.45, 2.75) is 380 Å². The number of likely N-dealkylation sites (N-methyl/N-ethyl adjacent to an activating group) is 1. The van der Waals surface area contributed by atoms with Gasteiger partial charge < -0.3 is 19.4 Å². The van der Waals surface area contributed by atoms with Crippen molar-refractivity contribution < 1.29 is 37.3 Å². The molecule has 79 heavy (non-hydrogen) atoms. The van der Waals surface area contributed by atoms with Crippen LogP contribution in [0.3, 0.4) is 0 Å². The normalized spacial score (nSPS) is 13.6. The fourth-order valence-electron chi connectivity index (χ4n) is 10.8. The number of unbranched alkanes of at least 4 members (excludes halogenated alkanes) is 49. The Labute approximate surface area is 492 Å². The molecule has 0 saturated heterocycles. The second-order valence-electron chi connectivity index (χ2n) is 25.4. The maximum atomic E-state index is 13.6. The van der Waals surface area contributed by atoms with E-state index in [0.29, 0.717) is 23.9 Å². The topological polar surface area (TPSA) is 111 Å². The summed E-state index contributed by atoms with van der Waals surface area (Å²) in [6, 6.07) is -0.840. The Balaban J connectivity index is 5.00. The number of rotatable bonds is 65. The summed E-state index contributed by atoms with van der Waals surface area (Å²) in [4.78, 5) is 37.8. The van der Waals surface area contributed by atoms with E-state index in [1.165, 1.54) is 276 Å². The van der Waals surface area contributed by atoms with Gasteiger partial charge in [0.15, 0.2) is 0 Å². The zero-order chi connectivity index (χ0) is 57.9. The van der Waals surface area contributed by atoms with Crippen LogP contribution in [0.5, 0.6) is 0 Å². The van der Waals surface area contributed by atoms with Gasteiger partial charge in [0, 0.05) is 12.8 Å². The summed E-state index contributed by atoms with van der Waals surface area (Å²) in [6.07, 6.45) is 70.8. The first-order chi connectivity index (χ1) is 38.4. The van der Waals surface area contributed by atoms with Gasteiger partial charge in [-0.15, -0.1) is 0 Å². The van der Waals surface area contributed by atoms with E-state index in [9.17, 15) is 19.0 Å². The van der Waals surface area contributed by atoms with Gasteiger partial charge in [-0.3, -0.25) is 18.6 Å². The molecule has 10 heteroatoms. The molecule has 0 heterocycles. The summed E-state index contributed by atoms with van der Waals surface area (Å²) in [6.45, 7) is 7.09. The molecule has 0 bridgehead atoms. The molecule has 0 spiro atoms. The van der Waals surface area contributed by atoms with E-state index in [-0.39, 0.29) is 25.1 Å². The molecule has 0 aromatic rings. The molecule has 0 rings (SSSR count). The summed E-state index contributed by atoms with van der Waals surface area (Å²) in [5, 5.41) is 3.08. The molecule has 9 nitrogen and oxygen atoms in total. The van der Waals surface area contributed by atoms with Crippen molar-refractivity contribution in [3.05, 3.63) is 12.2 Å². The van der Waals surface area contributed by atoms with Gasteiger partial charge in [-0.05, 0) is 31.8 Å². The first kappa shape index (κ1) is 77.8. The lowest BCUT2D eigenvalue weighted by molar-refractivity contribution is -0.870. The molecule has 0 radical (unpaired) electrons. The minimum absolute atomic E-state index is 0.0460. The SMILES string of the molecule is CCCCCCCCCCC/C=C/C(OC(=O)CCCCCCCCCCCCCCCCCCCCC)C(COP(=O)(O)OCC[N+](C)(C)C)NC(=O)CCCCCCCCCCCCCCCCCCCCCCCCC. The number of carbonyl (C=O) groups is 2. The number of phosphoric acid groups is 1. The van der Waals surface area contributed by atoms with Crippen LogP contribution < -0.4 is 5.32 Å². The van der Waals surface area contributed by atoms with Crippen LogP contribution in [-0.4, -0.2) is 74.3 Å². The Hall–Kier alpha value is -1.25. The first-order valence-corrected chi connectivity index (χ1v) is 36.5. The van der Waals surface area contributed by atoms with E-state index < -0.39 is 20.0 Å². The monoisotopic (exact) mass is 1140 g/mol. The van der Waals surface area contributed by atoms with Gasteiger partial charge in [-0.2, -0.15) is 0 Å². The van der Waals surface area contributed by atoms with Gasteiger partial charge in [-0.1, -0.05) is 335 Å². The lowest BCUT2D eigenvalue weighted by Gasteiger charge is -2.27. The number of allylic oxidation sites excluding steroid dienone is 1. The predicted octanol–water partition coefficient (Wildman–Crippen LogP) is 21.9. The van der Waals surface area contributed by atoms with Gasteiger partial charge in [0.05, 0.1) is 33.8 Å². The van der Waals surface area contributed by atoms with Crippen LogP contribution in [0.4, 0.5) is 0 Å². The number of quaternary nitrogens is 1. The third kappa shape index (κ3) is 61.1. The predicted molar refractivity (Wildman–Crippen MR) is 342 cm³/mol. The third-order valence-corrected chi connectivity index (χ3v) is 17.2. The molecule has 470 valence electrons. The Kier molecular flexibility index (Phi) is 58.9. The lowest BCUT2D eigenvalue weighted by Crippen LogP contribution is -2.47. The molecule has 0 aliphatic rings. The van der Waals surface area contributed by atoms with Crippen molar-refractivity contribution in [2.24, 2.45) is 0 Å². The van der Waals surface area contributed by atoms with Gasteiger partial charge in [0.25, 0.3) is 0 Å². The number of esters is 1. The largest absolute Gasteiger partial charge is 0.472 e. The first-order valence-electron chi connectivity index (χ1n) is 35.0. The van der Waals surface area contributed by atoms with Crippen molar-refractivity contribution in [1.29, 1.82) is 0 Å². The summed E-state index contributed by atoms with van der Waals surface area (Å²) < 4.78 is 30.8. The maximum Gasteiger partial charge on any atom is 0.472 e. The van der Waals surface area contributed by atoms with Crippen LogP contribution in [0.15, 0.2) is 12.2 Å². The fraction of sp³-hybridized carbons (Fsp3) is 0.942. The van der Waals surface area contributed by atoms with Crippen LogP contribution in [0.1, 0.15) is 367 Å². The van der Waals surface area contributed by atoms with E-state index in [4.69, 9.17) is 13.8 Å². The highest BCUT2D eigenvalue weighted by Crippen LogP contribution is 2.43. The van der Waals surface area contributed by atoms with Crippen molar-refractivity contribution >= 4 is 19.7 Å². The van der Waals surface area contributed by atoms with Crippen LogP contribution >= 0.6 is 7.82 Å². The molecule has 2 N–H and O–H groups in total. The molecule has 0 aromatic heterocycles. The standard InChI is InChI=1S/C69H137N2O7P/c1-7-10-13-16-19-22-25-27-29-31-33-34-35-36-38-39-41-43-46-49-52-55-58-61-68(72)70-66(65-77-79(74,75)76-64-63-71(4,5)6)67(60-57-54-51-48-45-24-21-18-15-12-9-3)78-69(73)62-59-56-53-50-47-44-42-40-37-32-30-28-26-23-20-17-14-11-8-2/h57,60,66-67H,7-56,58-59,61-65H2,1-6H3,(H-,70,72,74,75)/p+1/b60-57+. The van der Waals surface area contributed by atoms with Crippen molar-refractivity contribution in [3.8, 4) is 0 Å². The van der Waals surface area contributed by atoms with Crippen molar-refractivity contribution in [1.82, 2.24) is 5.32 Å². The zero-order valence-corrected chi connectivity index (χ0v) is 54.8. The molecular formula is C69H138N2O7P+. The molecule has 0 saturated carbocycles. The Morgan fingerprint density at radius 3 is 1.04 bits per heavy atom. The highest BCUT2D eigenvalue weighted by molar-refractivity contribution is 7.47. The van der Waals surface area contributed by atoms with Crippen molar-refractivity contribution in [2.75, 3.05) is 40.9 Å². The Morgan fingerprint density at radius 2 is 0.722 bits per heavy atom. The third-order valence-electron chi connectivity index (χ3n) is 16.2. The van der Waals surface area contributed by atoms with Crippen molar-refractivity contribution in [3.63, 3.8) is 0 Å². The smallest absolute Gasteiger partial charge is 0.456 e. The second kappa shape index (κ2) is 59.9. The summed E-state index contributed by atoms with van der Waals surface area (Å²) in [7, 11) is 1.52. The van der Waals surface area contributed by atoms with E-state index in [2.05, 4.69) is 26.1 Å². The summed E-state index contributed by atoms with van der Waals surface area (Å²) in [5.41, 5.74) is 0.